The Kier molecular flexibility index (Phi) is 8.27. The van der Waals surface area contributed by atoms with Crippen LogP contribution in [0.1, 0.15) is 18.4 Å². The summed E-state index contributed by atoms with van der Waals surface area (Å²) in [4.78, 5) is 18.9. The average molecular weight is 447 g/mol. The summed E-state index contributed by atoms with van der Waals surface area (Å²) >= 11 is 5.13. The van der Waals surface area contributed by atoms with E-state index in [-0.39, 0.29) is 5.91 Å². The highest BCUT2D eigenvalue weighted by atomic mass is 32.2. The van der Waals surface area contributed by atoms with E-state index < -0.39 is 0 Å². The summed E-state index contributed by atoms with van der Waals surface area (Å²) in [6.07, 6.45) is 3.38. The molecule has 2 aromatic carbocycles. The van der Waals surface area contributed by atoms with Crippen LogP contribution in [0.2, 0.25) is 0 Å². The SMILES string of the molecule is COc1ccc2c(c1)sc(=NC(=O)CCCSc1ccc(C)cc1)n2CCSC. The third-order valence-electron chi connectivity index (χ3n) is 4.45. The number of benzene rings is 2. The number of thioether (sulfide) groups is 2. The van der Waals surface area contributed by atoms with Crippen LogP contribution in [0.4, 0.5) is 0 Å². The molecule has 154 valence electrons. The van der Waals surface area contributed by atoms with Gasteiger partial charge in [0.1, 0.15) is 5.75 Å². The number of carbonyl (C=O) groups is 1. The summed E-state index contributed by atoms with van der Waals surface area (Å²) < 4.78 is 8.57. The van der Waals surface area contributed by atoms with E-state index in [0.717, 1.165) is 45.2 Å². The first kappa shape index (κ1) is 22.0. The van der Waals surface area contributed by atoms with Gasteiger partial charge in [0, 0.05) is 23.6 Å². The first-order chi connectivity index (χ1) is 14.1. The monoisotopic (exact) mass is 446 g/mol. The van der Waals surface area contributed by atoms with Crippen molar-refractivity contribution in [1.82, 2.24) is 4.57 Å². The van der Waals surface area contributed by atoms with E-state index in [4.69, 9.17) is 4.74 Å². The number of fused-ring (bicyclic) bond motifs is 1. The number of carbonyl (C=O) groups excluding carboxylic acids is 1. The molecule has 0 radical (unpaired) electrons. The minimum absolute atomic E-state index is 0.0501. The highest BCUT2D eigenvalue weighted by Crippen LogP contribution is 2.24. The number of thiazole rings is 1. The minimum atomic E-state index is -0.0501. The van der Waals surface area contributed by atoms with Crippen molar-refractivity contribution in [2.45, 2.75) is 31.2 Å². The van der Waals surface area contributed by atoms with Gasteiger partial charge in [0.05, 0.1) is 17.3 Å². The molecule has 0 aliphatic rings. The summed E-state index contributed by atoms with van der Waals surface area (Å²) in [6, 6.07) is 14.5. The fraction of sp³-hybridized carbons (Fsp3) is 0.364. The van der Waals surface area contributed by atoms with Crippen molar-refractivity contribution in [2.24, 2.45) is 4.99 Å². The standard InChI is InChI=1S/C22H26N2O2S3/c1-16-6-9-18(10-7-16)28-13-4-5-21(25)23-22-24(12-14-27-3)19-11-8-17(26-2)15-20(19)29-22/h6-11,15H,4-5,12-14H2,1-3H3. The molecular weight excluding hydrogens is 420 g/mol. The van der Waals surface area contributed by atoms with E-state index in [2.05, 4.69) is 47.0 Å². The highest BCUT2D eigenvalue weighted by Gasteiger charge is 2.09. The van der Waals surface area contributed by atoms with Gasteiger partial charge in [-0.05, 0) is 55.7 Å². The molecular formula is C22H26N2O2S3. The molecule has 0 N–H and O–H groups in total. The topological polar surface area (TPSA) is 43.6 Å². The highest BCUT2D eigenvalue weighted by molar-refractivity contribution is 7.99. The molecule has 29 heavy (non-hydrogen) atoms. The number of nitrogens with zero attached hydrogens (tertiary/aromatic N) is 2. The van der Waals surface area contributed by atoms with Crippen molar-refractivity contribution >= 4 is 51.0 Å². The van der Waals surface area contributed by atoms with Gasteiger partial charge in [-0.15, -0.1) is 11.8 Å². The maximum atomic E-state index is 12.5. The van der Waals surface area contributed by atoms with E-state index in [0.29, 0.717) is 6.42 Å². The Labute approximate surface area is 184 Å². The molecule has 0 bridgehead atoms. The van der Waals surface area contributed by atoms with E-state index in [1.54, 1.807) is 42.0 Å². The molecule has 0 saturated carbocycles. The predicted octanol–water partition coefficient (Wildman–Crippen LogP) is 5.38. The van der Waals surface area contributed by atoms with Crippen LogP contribution in [0.25, 0.3) is 10.2 Å². The lowest BCUT2D eigenvalue weighted by Gasteiger charge is -2.04. The molecule has 0 unspecified atom stereocenters. The van der Waals surface area contributed by atoms with E-state index >= 15 is 0 Å². The van der Waals surface area contributed by atoms with E-state index in [1.165, 1.54) is 10.5 Å². The fourth-order valence-electron chi connectivity index (χ4n) is 2.87. The van der Waals surface area contributed by atoms with Gasteiger partial charge in [-0.2, -0.15) is 16.8 Å². The molecule has 3 aromatic rings. The number of hydrogen-bond donors (Lipinski definition) is 0. The van der Waals surface area contributed by atoms with Gasteiger partial charge in [0.25, 0.3) is 0 Å². The largest absolute Gasteiger partial charge is 0.497 e. The third kappa shape index (κ3) is 6.14. The molecule has 3 rings (SSSR count). The van der Waals surface area contributed by atoms with Gasteiger partial charge in [-0.25, -0.2) is 0 Å². The number of aromatic nitrogens is 1. The van der Waals surface area contributed by atoms with Gasteiger partial charge in [0.15, 0.2) is 4.80 Å². The molecule has 0 fully saturated rings. The molecule has 7 heteroatoms. The zero-order chi connectivity index (χ0) is 20.6. The molecule has 0 aliphatic heterocycles. The minimum Gasteiger partial charge on any atom is -0.497 e. The average Bonchev–Trinajstić information content (AvgIpc) is 3.06. The first-order valence-electron chi connectivity index (χ1n) is 9.54. The van der Waals surface area contributed by atoms with E-state index in [1.807, 2.05) is 18.2 Å². The smallest absolute Gasteiger partial charge is 0.248 e. The van der Waals surface area contributed by atoms with Crippen LogP contribution >= 0.6 is 34.9 Å². The van der Waals surface area contributed by atoms with Crippen molar-refractivity contribution in [2.75, 3.05) is 24.9 Å². The molecule has 0 spiro atoms. The summed E-state index contributed by atoms with van der Waals surface area (Å²) in [7, 11) is 1.67. The lowest BCUT2D eigenvalue weighted by Crippen LogP contribution is -2.18. The van der Waals surface area contributed by atoms with Crippen molar-refractivity contribution in [3.8, 4) is 5.75 Å². The van der Waals surface area contributed by atoms with Crippen molar-refractivity contribution in [3.63, 3.8) is 0 Å². The van der Waals surface area contributed by atoms with Crippen LogP contribution in [0.5, 0.6) is 5.75 Å². The first-order valence-corrected chi connectivity index (χ1v) is 12.7. The van der Waals surface area contributed by atoms with Crippen molar-refractivity contribution in [1.29, 1.82) is 0 Å². The Morgan fingerprint density at radius 1 is 1.17 bits per heavy atom. The molecule has 4 nitrogen and oxygen atoms in total. The molecule has 1 amide bonds. The zero-order valence-electron chi connectivity index (χ0n) is 17.0. The predicted molar refractivity (Wildman–Crippen MR) is 126 cm³/mol. The number of aryl methyl sites for hydroxylation is 2. The van der Waals surface area contributed by atoms with Gasteiger partial charge < -0.3 is 9.30 Å². The van der Waals surface area contributed by atoms with Crippen LogP contribution in [0, 0.1) is 6.92 Å². The van der Waals surface area contributed by atoms with Crippen molar-refractivity contribution < 1.29 is 9.53 Å². The normalized spacial score (nSPS) is 11.9. The summed E-state index contributed by atoms with van der Waals surface area (Å²) in [5, 5.41) is 0. The Bertz CT molecular complexity index is 1020. The van der Waals surface area contributed by atoms with Crippen LogP contribution < -0.4 is 9.54 Å². The fourth-order valence-corrected chi connectivity index (χ4v) is 5.19. The third-order valence-corrected chi connectivity index (χ3v) is 7.18. The second-order valence-electron chi connectivity index (χ2n) is 6.63. The van der Waals surface area contributed by atoms with Crippen LogP contribution in [0.15, 0.2) is 52.4 Å². The van der Waals surface area contributed by atoms with Gasteiger partial charge >= 0.3 is 0 Å². The second-order valence-corrected chi connectivity index (χ2v) is 9.80. The maximum absolute atomic E-state index is 12.5. The molecule has 1 heterocycles. The van der Waals surface area contributed by atoms with E-state index in [9.17, 15) is 4.79 Å². The van der Waals surface area contributed by atoms with Gasteiger partial charge in [-0.3, -0.25) is 4.79 Å². The molecule has 1 aromatic heterocycles. The summed E-state index contributed by atoms with van der Waals surface area (Å²) in [5.74, 6) is 2.67. The molecule has 0 aliphatic carbocycles. The van der Waals surface area contributed by atoms with Crippen LogP contribution in [-0.4, -0.2) is 35.3 Å². The Morgan fingerprint density at radius 3 is 2.69 bits per heavy atom. The number of methoxy groups -OCH3 is 1. The summed E-state index contributed by atoms with van der Waals surface area (Å²) in [6.45, 7) is 2.92. The Morgan fingerprint density at radius 2 is 1.97 bits per heavy atom. The van der Waals surface area contributed by atoms with Gasteiger partial charge in [-0.1, -0.05) is 29.0 Å². The second kappa shape index (κ2) is 10.9. The quantitative estimate of drug-likeness (QED) is 0.327. The lowest BCUT2D eigenvalue weighted by molar-refractivity contribution is -0.118. The van der Waals surface area contributed by atoms with Gasteiger partial charge in [0.2, 0.25) is 5.91 Å². The number of hydrogen-bond acceptors (Lipinski definition) is 5. The Hall–Kier alpha value is -1.70. The lowest BCUT2D eigenvalue weighted by atomic mass is 10.2. The van der Waals surface area contributed by atoms with Crippen LogP contribution in [-0.2, 0) is 11.3 Å². The molecule has 0 saturated heterocycles. The van der Waals surface area contributed by atoms with Crippen molar-refractivity contribution in [3.05, 3.63) is 52.8 Å². The number of amides is 1. The summed E-state index contributed by atoms with van der Waals surface area (Å²) in [5.41, 5.74) is 2.37. The number of ether oxygens (including phenoxy) is 1. The zero-order valence-corrected chi connectivity index (χ0v) is 19.5. The van der Waals surface area contributed by atoms with Crippen LogP contribution in [0.3, 0.4) is 0 Å². The maximum Gasteiger partial charge on any atom is 0.248 e. The Balaban J connectivity index is 1.68. The number of rotatable bonds is 9. The molecule has 0 atom stereocenters.